The van der Waals surface area contributed by atoms with Crippen molar-refractivity contribution in [2.24, 2.45) is 0 Å². The third kappa shape index (κ3) is 4.17. The number of hydrogen-bond acceptors (Lipinski definition) is 6. The van der Waals surface area contributed by atoms with Gasteiger partial charge >= 0.3 is 0 Å². The molecule has 2 aliphatic rings. The van der Waals surface area contributed by atoms with Crippen LogP contribution in [0.4, 0.5) is 0 Å². The zero-order chi connectivity index (χ0) is 21.2. The van der Waals surface area contributed by atoms with Crippen LogP contribution in [0, 0.1) is 6.92 Å². The van der Waals surface area contributed by atoms with E-state index in [-0.39, 0.29) is 30.2 Å². The van der Waals surface area contributed by atoms with Gasteiger partial charge in [-0.2, -0.15) is 0 Å². The Kier molecular flexibility index (Phi) is 5.40. The fourth-order valence-corrected chi connectivity index (χ4v) is 4.00. The van der Waals surface area contributed by atoms with Gasteiger partial charge in [-0.3, -0.25) is 4.79 Å². The molecule has 160 valence electrons. The van der Waals surface area contributed by atoms with Crippen LogP contribution in [0.5, 0.6) is 5.75 Å². The van der Waals surface area contributed by atoms with Crippen molar-refractivity contribution >= 4 is 5.91 Å². The van der Waals surface area contributed by atoms with E-state index < -0.39 is 0 Å². The minimum Gasteiger partial charge on any atom is -0.487 e. The Morgan fingerprint density at radius 2 is 1.87 bits per heavy atom. The van der Waals surface area contributed by atoms with Crippen LogP contribution in [0.3, 0.4) is 0 Å². The molecule has 31 heavy (non-hydrogen) atoms. The molecule has 2 aromatic carbocycles. The first-order valence-corrected chi connectivity index (χ1v) is 10.4. The average Bonchev–Trinajstić information content (AvgIpc) is 3.51. The van der Waals surface area contributed by atoms with E-state index in [9.17, 15) is 4.79 Å². The lowest BCUT2D eigenvalue weighted by molar-refractivity contribution is 0.0613. The van der Waals surface area contributed by atoms with Crippen LogP contribution in [0.2, 0.25) is 0 Å². The standard InChI is InChI=1S/C23H24N4O4/c1-15-7-9-16(10-8-15)23(28)24-19-13-30-22-20(14-31-21(19)22)27-11-17(25-26-27)12-29-18-5-3-2-4-6-18/h2-11,19-22H,12-14H2,1H3,(H,24,28)/t19-,20+,21-,22+/m1/s1. The van der Waals surface area contributed by atoms with Gasteiger partial charge in [0, 0.05) is 5.56 Å². The number of nitrogens with one attached hydrogen (secondary N) is 1. The lowest BCUT2D eigenvalue weighted by Crippen LogP contribution is -2.44. The maximum Gasteiger partial charge on any atom is 0.251 e. The Bertz CT molecular complexity index is 1040. The number of hydrogen-bond donors (Lipinski definition) is 1. The summed E-state index contributed by atoms with van der Waals surface area (Å²) in [4.78, 5) is 12.6. The summed E-state index contributed by atoms with van der Waals surface area (Å²) in [6, 6.07) is 16.8. The summed E-state index contributed by atoms with van der Waals surface area (Å²) in [5.74, 6) is 0.662. The number of aryl methyl sites for hydroxylation is 1. The first-order valence-electron chi connectivity index (χ1n) is 10.4. The van der Waals surface area contributed by atoms with Crippen molar-refractivity contribution in [3.63, 3.8) is 0 Å². The maximum absolute atomic E-state index is 12.6. The molecule has 2 saturated heterocycles. The Morgan fingerprint density at radius 1 is 1.10 bits per heavy atom. The zero-order valence-corrected chi connectivity index (χ0v) is 17.2. The first kappa shape index (κ1) is 19.7. The second kappa shape index (κ2) is 8.49. The third-order valence-corrected chi connectivity index (χ3v) is 5.68. The van der Waals surface area contributed by atoms with Gasteiger partial charge in [0.15, 0.2) is 0 Å². The molecule has 8 nitrogen and oxygen atoms in total. The van der Waals surface area contributed by atoms with Gasteiger partial charge < -0.3 is 19.5 Å². The smallest absolute Gasteiger partial charge is 0.251 e. The van der Waals surface area contributed by atoms with E-state index >= 15 is 0 Å². The molecule has 1 N–H and O–H groups in total. The Hall–Kier alpha value is -3.23. The van der Waals surface area contributed by atoms with Crippen LogP contribution in [-0.4, -0.2) is 52.4 Å². The number of benzene rings is 2. The SMILES string of the molecule is Cc1ccc(C(=O)N[C@@H]2CO[C@@H]3[C@@H]2OC[C@@H]3n2cc(COc3ccccc3)nn2)cc1. The van der Waals surface area contributed by atoms with Gasteiger partial charge in [0.25, 0.3) is 5.91 Å². The van der Waals surface area contributed by atoms with Crippen LogP contribution < -0.4 is 10.1 Å². The molecule has 0 saturated carbocycles. The molecule has 5 rings (SSSR count). The summed E-state index contributed by atoms with van der Waals surface area (Å²) >= 11 is 0. The van der Waals surface area contributed by atoms with Gasteiger partial charge in [-0.25, -0.2) is 4.68 Å². The molecule has 0 radical (unpaired) electrons. The van der Waals surface area contributed by atoms with E-state index in [0.717, 1.165) is 17.0 Å². The van der Waals surface area contributed by atoms with Crippen molar-refractivity contribution in [2.75, 3.05) is 13.2 Å². The number of aromatic nitrogens is 3. The number of fused-ring (bicyclic) bond motifs is 1. The molecular weight excluding hydrogens is 396 g/mol. The highest BCUT2D eigenvalue weighted by Crippen LogP contribution is 2.34. The fourth-order valence-electron chi connectivity index (χ4n) is 4.00. The second-order valence-corrected chi connectivity index (χ2v) is 7.90. The van der Waals surface area contributed by atoms with Crippen LogP contribution in [0.15, 0.2) is 60.8 Å². The molecule has 2 fully saturated rings. The van der Waals surface area contributed by atoms with E-state index in [1.165, 1.54) is 0 Å². The first-order chi connectivity index (χ1) is 15.2. The van der Waals surface area contributed by atoms with Gasteiger partial charge in [0.2, 0.25) is 0 Å². The predicted molar refractivity (Wildman–Crippen MR) is 112 cm³/mol. The van der Waals surface area contributed by atoms with Crippen molar-refractivity contribution in [1.29, 1.82) is 0 Å². The number of carbonyl (C=O) groups is 1. The second-order valence-electron chi connectivity index (χ2n) is 7.90. The highest BCUT2D eigenvalue weighted by atomic mass is 16.6. The van der Waals surface area contributed by atoms with Gasteiger partial charge in [-0.05, 0) is 31.2 Å². The lowest BCUT2D eigenvalue weighted by atomic mass is 10.1. The highest BCUT2D eigenvalue weighted by Gasteiger charge is 2.49. The van der Waals surface area contributed by atoms with Crippen LogP contribution in [0.1, 0.15) is 27.7 Å². The van der Waals surface area contributed by atoms with Gasteiger partial charge in [0.05, 0.1) is 25.5 Å². The Balaban J connectivity index is 1.20. The molecule has 2 aliphatic heterocycles. The van der Waals surface area contributed by atoms with Crippen molar-refractivity contribution in [2.45, 2.75) is 37.8 Å². The van der Waals surface area contributed by atoms with Crippen molar-refractivity contribution in [1.82, 2.24) is 20.3 Å². The normalized spacial score (nSPS) is 24.7. The van der Waals surface area contributed by atoms with E-state index in [0.29, 0.717) is 25.4 Å². The number of para-hydroxylation sites is 1. The van der Waals surface area contributed by atoms with Crippen LogP contribution in [0.25, 0.3) is 0 Å². The minimum atomic E-state index is -0.215. The number of rotatable bonds is 6. The Labute approximate surface area is 180 Å². The molecule has 3 heterocycles. The summed E-state index contributed by atoms with van der Waals surface area (Å²) in [6.45, 7) is 3.19. The third-order valence-electron chi connectivity index (χ3n) is 5.68. The molecule has 3 aromatic rings. The highest BCUT2D eigenvalue weighted by molar-refractivity contribution is 5.94. The average molecular weight is 420 g/mol. The number of nitrogens with zero attached hydrogens (tertiary/aromatic N) is 3. The number of carbonyl (C=O) groups excluding carboxylic acids is 1. The molecule has 1 aromatic heterocycles. The quantitative estimate of drug-likeness (QED) is 0.659. The van der Waals surface area contributed by atoms with Crippen molar-refractivity contribution in [3.05, 3.63) is 77.6 Å². The fraction of sp³-hybridized carbons (Fsp3) is 0.348. The molecule has 0 unspecified atom stereocenters. The largest absolute Gasteiger partial charge is 0.487 e. The lowest BCUT2D eigenvalue weighted by Gasteiger charge is -2.18. The summed E-state index contributed by atoms with van der Waals surface area (Å²) < 4.78 is 19.5. The van der Waals surface area contributed by atoms with Gasteiger partial charge in [-0.15, -0.1) is 5.10 Å². The number of ether oxygens (including phenoxy) is 3. The van der Waals surface area contributed by atoms with Gasteiger partial charge in [-0.1, -0.05) is 41.1 Å². The van der Waals surface area contributed by atoms with E-state index in [4.69, 9.17) is 14.2 Å². The maximum atomic E-state index is 12.6. The van der Waals surface area contributed by atoms with Crippen LogP contribution in [-0.2, 0) is 16.1 Å². The van der Waals surface area contributed by atoms with Crippen molar-refractivity contribution < 1.29 is 19.0 Å². The topological polar surface area (TPSA) is 87.5 Å². The predicted octanol–water partition coefficient (Wildman–Crippen LogP) is 2.30. The molecule has 8 heteroatoms. The molecule has 0 bridgehead atoms. The molecular formula is C23H24N4O4. The van der Waals surface area contributed by atoms with E-state index in [1.54, 1.807) is 4.68 Å². The van der Waals surface area contributed by atoms with E-state index in [2.05, 4.69) is 15.6 Å². The molecule has 4 atom stereocenters. The van der Waals surface area contributed by atoms with E-state index in [1.807, 2.05) is 67.7 Å². The van der Waals surface area contributed by atoms with Gasteiger partial charge in [0.1, 0.15) is 36.3 Å². The van der Waals surface area contributed by atoms with Crippen LogP contribution >= 0.6 is 0 Å². The molecule has 0 spiro atoms. The summed E-state index contributed by atoms with van der Waals surface area (Å²) in [5.41, 5.74) is 2.47. The number of amides is 1. The zero-order valence-electron chi connectivity index (χ0n) is 17.2. The summed E-state index contributed by atoms with van der Waals surface area (Å²) in [6.07, 6.45) is 1.46. The molecule has 1 amide bonds. The molecule has 0 aliphatic carbocycles. The monoisotopic (exact) mass is 420 g/mol. The van der Waals surface area contributed by atoms with Crippen molar-refractivity contribution in [3.8, 4) is 5.75 Å². The minimum absolute atomic E-state index is 0.0933. The summed E-state index contributed by atoms with van der Waals surface area (Å²) in [5, 5.41) is 11.5. The summed E-state index contributed by atoms with van der Waals surface area (Å²) in [7, 11) is 0. The Morgan fingerprint density at radius 3 is 2.68 bits per heavy atom.